The summed E-state index contributed by atoms with van der Waals surface area (Å²) in [4.78, 5) is 14.7. The van der Waals surface area contributed by atoms with Gasteiger partial charge in [0.05, 0.1) is 5.92 Å². The molecule has 1 aliphatic rings. The molecular weight excluding hydrogens is 248 g/mol. The average Bonchev–Trinajstić information content (AvgIpc) is 2.58. The molecule has 3 nitrogen and oxygen atoms in total. The summed E-state index contributed by atoms with van der Waals surface area (Å²) in [6.45, 7) is 8.32. The zero-order valence-electron chi connectivity index (χ0n) is 12.9. The van der Waals surface area contributed by atoms with Crippen LogP contribution in [0.4, 0.5) is 5.69 Å². The molecule has 1 amide bonds. The van der Waals surface area contributed by atoms with Crippen LogP contribution in [0.5, 0.6) is 0 Å². The molecule has 1 aliphatic heterocycles. The van der Waals surface area contributed by atoms with Crippen LogP contribution in [-0.2, 0) is 4.79 Å². The molecule has 0 bridgehead atoms. The molecule has 0 saturated carbocycles. The van der Waals surface area contributed by atoms with Crippen LogP contribution < -0.4 is 5.73 Å². The minimum Gasteiger partial charge on any atom is -0.399 e. The van der Waals surface area contributed by atoms with Gasteiger partial charge in [-0.05, 0) is 49.3 Å². The largest absolute Gasteiger partial charge is 0.399 e. The monoisotopic (exact) mass is 274 g/mol. The molecule has 1 fully saturated rings. The maximum Gasteiger partial charge on any atom is 0.229 e. The molecule has 110 valence electrons. The van der Waals surface area contributed by atoms with E-state index in [-0.39, 0.29) is 11.8 Å². The van der Waals surface area contributed by atoms with E-state index in [9.17, 15) is 4.79 Å². The molecule has 2 N–H and O–H groups in total. The van der Waals surface area contributed by atoms with Crippen molar-refractivity contribution in [3.05, 3.63) is 29.8 Å². The summed E-state index contributed by atoms with van der Waals surface area (Å²) in [5, 5.41) is 0. The summed E-state index contributed by atoms with van der Waals surface area (Å²) in [6.07, 6.45) is 3.38. The predicted molar refractivity (Wildman–Crippen MR) is 83.5 cm³/mol. The van der Waals surface area contributed by atoms with Gasteiger partial charge in [0, 0.05) is 18.8 Å². The van der Waals surface area contributed by atoms with Gasteiger partial charge in [-0.15, -0.1) is 0 Å². The first kappa shape index (κ1) is 14.9. The molecule has 2 rings (SSSR count). The Morgan fingerprint density at radius 1 is 1.30 bits per heavy atom. The van der Waals surface area contributed by atoms with E-state index in [0.717, 1.165) is 37.2 Å². The van der Waals surface area contributed by atoms with E-state index >= 15 is 0 Å². The number of likely N-dealkylation sites (tertiary alicyclic amines) is 1. The van der Waals surface area contributed by atoms with Crippen molar-refractivity contribution in [2.24, 2.45) is 5.41 Å². The normalized spacial score (nSPS) is 20.2. The third-order valence-electron chi connectivity index (χ3n) is 4.43. The van der Waals surface area contributed by atoms with Crippen LogP contribution >= 0.6 is 0 Å². The molecule has 1 unspecified atom stereocenters. The van der Waals surface area contributed by atoms with Gasteiger partial charge in [-0.2, -0.15) is 0 Å². The van der Waals surface area contributed by atoms with Crippen molar-refractivity contribution in [1.29, 1.82) is 0 Å². The number of carbonyl (C=O) groups excluding carboxylic acids is 1. The summed E-state index contributed by atoms with van der Waals surface area (Å²) in [7, 11) is 0. The third-order valence-corrected chi connectivity index (χ3v) is 4.43. The van der Waals surface area contributed by atoms with E-state index in [4.69, 9.17) is 5.73 Å². The number of amides is 1. The fourth-order valence-electron chi connectivity index (χ4n) is 2.89. The van der Waals surface area contributed by atoms with Crippen molar-refractivity contribution in [2.45, 2.75) is 46.0 Å². The van der Waals surface area contributed by atoms with Gasteiger partial charge in [0.1, 0.15) is 0 Å². The summed E-state index contributed by atoms with van der Waals surface area (Å²) in [5.74, 6) is 0.119. The van der Waals surface area contributed by atoms with Crippen molar-refractivity contribution in [2.75, 3.05) is 18.8 Å². The predicted octanol–water partition coefficient (Wildman–Crippen LogP) is 3.41. The van der Waals surface area contributed by atoms with Crippen LogP contribution in [0.2, 0.25) is 0 Å². The SMILES string of the molecule is CC(C(=O)N1CCCC(C)(C)CC1)c1cccc(N)c1. The second-order valence-electron chi connectivity index (χ2n) is 6.73. The molecule has 0 aromatic heterocycles. The highest BCUT2D eigenvalue weighted by molar-refractivity contribution is 5.83. The Bertz CT molecular complexity index is 482. The third kappa shape index (κ3) is 3.53. The Labute approximate surface area is 122 Å². The van der Waals surface area contributed by atoms with Gasteiger partial charge < -0.3 is 10.6 Å². The molecule has 0 spiro atoms. The molecule has 0 aliphatic carbocycles. The molecule has 1 atom stereocenters. The minimum atomic E-state index is -0.111. The van der Waals surface area contributed by atoms with Gasteiger partial charge >= 0.3 is 0 Å². The van der Waals surface area contributed by atoms with Crippen molar-refractivity contribution in [3.63, 3.8) is 0 Å². The van der Waals surface area contributed by atoms with Gasteiger partial charge in [-0.1, -0.05) is 26.0 Å². The van der Waals surface area contributed by atoms with Crippen molar-refractivity contribution in [1.82, 2.24) is 4.90 Å². The molecule has 20 heavy (non-hydrogen) atoms. The van der Waals surface area contributed by atoms with E-state index in [1.807, 2.05) is 36.1 Å². The van der Waals surface area contributed by atoms with Crippen LogP contribution in [0.15, 0.2) is 24.3 Å². The second kappa shape index (κ2) is 5.86. The van der Waals surface area contributed by atoms with E-state index in [1.54, 1.807) is 0 Å². The van der Waals surface area contributed by atoms with E-state index in [1.165, 1.54) is 6.42 Å². The first-order valence-electron chi connectivity index (χ1n) is 7.53. The quantitative estimate of drug-likeness (QED) is 0.840. The summed E-state index contributed by atoms with van der Waals surface area (Å²) < 4.78 is 0. The maximum atomic E-state index is 12.7. The lowest BCUT2D eigenvalue weighted by atomic mass is 9.85. The average molecular weight is 274 g/mol. The Morgan fingerprint density at radius 3 is 2.75 bits per heavy atom. The highest BCUT2D eigenvalue weighted by Crippen LogP contribution is 2.31. The zero-order valence-corrected chi connectivity index (χ0v) is 12.9. The molecule has 3 heteroatoms. The molecular formula is C17H26N2O. The fourth-order valence-corrected chi connectivity index (χ4v) is 2.89. The molecule has 1 aromatic carbocycles. The van der Waals surface area contributed by atoms with E-state index in [2.05, 4.69) is 13.8 Å². The number of nitrogens with two attached hydrogens (primary N) is 1. The van der Waals surface area contributed by atoms with E-state index in [0.29, 0.717) is 5.41 Å². The molecule has 1 saturated heterocycles. The standard InChI is InChI=1S/C17H26N2O/c1-13(14-6-4-7-15(18)12-14)16(20)19-10-5-8-17(2,3)9-11-19/h4,6-7,12-13H,5,8-11,18H2,1-3H3. The van der Waals surface area contributed by atoms with Crippen LogP contribution in [0.3, 0.4) is 0 Å². The first-order valence-corrected chi connectivity index (χ1v) is 7.53. The summed E-state index contributed by atoms with van der Waals surface area (Å²) >= 11 is 0. The van der Waals surface area contributed by atoms with Crippen LogP contribution in [0, 0.1) is 5.41 Å². The summed E-state index contributed by atoms with van der Waals surface area (Å²) in [5.41, 5.74) is 7.90. The fraction of sp³-hybridized carbons (Fsp3) is 0.588. The minimum absolute atomic E-state index is 0.111. The van der Waals surface area contributed by atoms with Crippen LogP contribution in [-0.4, -0.2) is 23.9 Å². The Morgan fingerprint density at radius 2 is 2.05 bits per heavy atom. The topological polar surface area (TPSA) is 46.3 Å². The lowest BCUT2D eigenvalue weighted by Gasteiger charge is -2.26. The second-order valence-corrected chi connectivity index (χ2v) is 6.73. The van der Waals surface area contributed by atoms with Gasteiger partial charge in [-0.3, -0.25) is 4.79 Å². The number of rotatable bonds is 2. The Kier molecular flexibility index (Phi) is 4.36. The number of hydrogen-bond donors (Lipinski definition) is 1. The highest BCUT2D eigenvalue weighted by atomic mass is 16.2. The zero-order chi connectivity index (χ0) is 14.8. The van der Waals surface area contributed by atoms with E-state index < -0.39 is 0 Å². The summed E-state index contributed by atoms with van der Waals surface area (Å²) in [6, 6.07) is 7.67. The number of nitrogens with zero attached hydrogens (tertiary/aromatic N) is 1. The smallest absolute Gasteiger partial charge is 0.229 e. The first-order chi connectivity index (χ1) is 9.39. The van der Waals surface area contributed by atoms with Gasteiger partial charge in [0.2, 0.25) is 5.91 Å². The molecule has 0 radical (unpaired) electrons. The lowest BCUT2D eigenvalue weighted by Crippen LogP contribution is -2.35. The van der Waals surface area contributed by atoms with Gasteiger partial charge in [0.15, 0.2) is 0 Å². The van der Waals surface area contributed by atoms with Gasteiger partial charge in [-0.25, -0.2) is 0 Å². The number of anilines is 1. The van der Waals surface area contributed by atoms with Crippen molar-refractivity contribution in [3.8, 4) is 0 Å². The number of hydrogen-bond acceptors (Lipinski definition) is 2. The van der Waals surface area contributed by atoms with Gasteiger partial charge in [0.25, 0.3) is 0 Å². The molecule has 1 aromatic rings. The lowest BCUT2D eigenvalue weighted by molar-refractivity contribution is -0.132. The number of benzene rings is 1. The number of nitrogen functional groups attached to an aromatic ring is 1. The van der Waals surface area contributed by atoms with Crippen LogP contribution in [0.25, 0.3) is 0 Å². The number of carbonyl (C=O) groups is 1. The van der Waals surface area contributed by atoms with Crippen molar-refractivity contribution < 1.29 is 4.79 Å². The Hall–Kier alpha value is -1.51. The maximum absolute atomic E-state index is 12.7. The Balaban J connectivity index is 2.07. The van der Waals surface area contributed by atoms with Crippen molar-refractivity contribution >= 4 is 11.6 Å². The van der Waals surface area contributed by atoms with Crippen LogP contribution in [0.1, 0.15) is 51.5 Å². The molecule has 1 heterocycles. The highest BCUT2D eigenvalue weighted by Gasteiger charge is 2.28.